The summed E-state index contributed by atoms with van der Waals surface area (Å²) in [5, 5.41) is 0. The Morgan fingerprint density at radius 3 is 2.20 bits per heavy atom. The molecule has 0 aromatic heterocycles. The van der Waals surface area contributed by atoms with Gasteiger partial charge < -0.3 is 10.5 Å². The lowest BCUT2D eigenvalue weighted by molar-refractivity contribution is -0.214. The first kappa shape index (κ1) is 14.7. The molecule has 0 amide bonds. The van der Waals surface area contributed by atoms with Gasteiger partial charge >= 0.3 is 6.18 Å². The topological polar surface area (TPSA) is 35.2 Å². The van der Waals surface area contributed by atoms with E-state index in [4.69, 9.17) is 5.73 Å². The number of ether oxygens (including phenoxy) is 1. The van der Waals surface area contributed by atoms with Crippen molar-refractivity contribution in [2.45, 2.75) is 45.9 Å². The van der Waals surface area contributed by atoms with Crippen molar-refractivity contribution in [1.82, 2.24) is 0 Å². The minimum absolute atomic E-state index is 0.0230. The monoisotopic (exact) mass is 227 g/mol. The summed E-state index contributed by atoms with van der Waals surface area (Å²) >= 11 is 0. The Balaban J connectivity index is 3.64. The molecule has 0 saturated carbocycles. The van der Waals surface area contributed by atoms with Crippen LogP contribution in [0, 0.1) is 5.41 Å². The van der Waals surface area contributed by atoms with E-state index >= 15 is 0 Å². The summed E-state index contributed by atoms with van der Waals surface area (Å²) in [6, 6.07) is 0. The second-order valence-corrected chi connectivity index (χ2v) is 4.53. The molecule has 1 atom stereocenters. The van der Waals surface area contributed by atoms with E-state index in [1.165, 1.54) is 0 Å². The van der Waals surface area contributed by atoms with Crippen LogP contribution in [-0.4, -0.2) is 25.4 Å². The quantitative estimate of drug-likeness (QED) is 0.708. The van der Waals surface area contributed by atoms with E-state index in [1.807, 2.05) is 13.8 Å². The highest BCUT2D eigenvalue weighted by Gasteiger charge is 2.36. The summed E-state index contributed by atoms with van der Waals surface area (Å²) in [4.78, 5) is 0. The van der Waals surface area contributed by atoms with E-state index < -0.39 is 12.3 Å². The summed E-state index contributed by atoms with van der Waals surface area (Å²) in [5.41, 5.74) is 5.47. The van der Waals surface area contributed by atoms with Crippen LogP contribution < -0.4 is 5.73 Å². The smallest absolute Gasteiger partial charge is 0.369 e. The van der Waals surface area contributed by atoms with Gasteiger partial charge in [-0.05, 0) is 31.7 Å². The maximum atomic E-state index is 12.0. The molecular formula is C10H20F3NO. The molecule has 0 saturated heterocycles. The van der Waals surface area contributed by atoms with Crippen molar-refractivity contribution in [2.75, 3.05) is 13.2 Å². The van der Waals surface area contributed by atoms with Crippen molar-refractivity contribution in [3.05, 3.63) is 0 Å². The summed E-state index contributed by atoms with van der Waals surface area (Å²) in [5.74, 6) is 0. The lowest BCUT2D eigenvalue weighted by Gasteiger charge is -2.22. The predicted octanol–water partition coefficient (Wildman–Crippen LogP) is 2.72. The molecule has 1 unspecified atom stereocenters. The lowest BCUT2D eigenvalue weighted by Crippen LogP contribution is -2.29. The number of nitrogens with two attached hydrogens (primary N) is 1. The molecule has 2 N–H and O–H groups in total. The Hall–Kier alpha value is -0.290. The maximum Gasteiger partial charge on any atom is 0.414 e. The highest BCUT2D eigenvalue weighted by Crippen LogP contribution is 2.24. The van der Waals surface area contributed by atoms with E-state index in [0.717, 1.165) is 13.3 Å². The zero-order valence-corrected chi connectivity index (χ0v) is 9.53. The Kier molecular flexibility index (Phi) is 5.59. The molecule has 15 heavy (non-hydrogen) atoms. The molecule has 0 fully saturated rings. The van der Waals surface area contributed by atoms with Gasteiger partial charge in [-0.1, -0.05) is 13.8 Å². The first-order valence-electron chi connectivity index (χ1n) is 5.07. The van der Waals surface area contributed by atoms with Crippen molar-refractivity contribution >= 4 is 0 Å². The van der Waals surface area contributed by atoms with Crippen LogP contribution in [0.25, 0.3) is 0 Å². The van der Waals surface area contributed by atoms with Crippen LogP contribution in [0.3, 0.4) is 0 Å². The van der Waals surface area contributed by atoms with Crippen LogP contribution in [0.2, 0.25) is 0 Å². The average Bonchev–Trinajstić information content (AvgIpc) is 2.10. The number of alkyl halides is 3. The fraction of sp³-hybridized carbons (Fsp3) is 1.00. The van der Waals surface area contributed by atoms with Crippen molar-refractivity contribution in [1.29, 1.82) is 0 Å². The van der Waals surface area contributed by atoms with Crippen molar-refractivity contribution in [3.8, 4) is 0 Å². The third kappa shape index (κ3) is 6.73. The zero-order valence-electron chi connectivity index (χ0n) is 9.53. The highest BCUT2D eigenvalue weighted by atomic mass is 19.4. The molecule has 92 valence electrons. The van der Waals surface area contributed by atoms with Crippen LogP contribution in [0.15, 0.2) is 0 Å². The molecular weight excluding hydrogens is 207 g/mol. The van der Waals surface area contributed by atoms with E-state index in [2.05, 4.69) is 4.74 Å². The number of hydrogen-bond donors (Lipinski definition) is 1. The van der Waals surface area contributed by atoms with Crippen LogP contribution in [0.1, 0.15) is 33.6 Å². The molecule has 0 spiro atoms. The number of halogens is 3. The van der Waals surface area contributed by atoms with Gasteiger partial charge in [-0.3, -0.25) is 0 Å². The molecule has 0 rings (SSSR count). The van der Waals surface area contributed by atoms with Gasteiger partial charge in [-0.2, -0.15) is 13.2 Å². The first-order chi connectivity index (χ1) is 6.69. The molecule has 0 aliphatic rings. The van der Waals surface area contributed by atoms with E-state index in [-0.39, 0.29) is 12.0 Å². The zero-order chi connectivity index (χ0) is 12.1. The largest absolute Gasteiger partial charge is 0.414 e. The van der Waals surface area contributed by atoms with Crippen LogP contribution in [0.4, 0.5) is 13.2 Å². The van der Waals surface area contributed by atoms with Gasteiger partial charge in [-0.25, -0.2) is 0 Å². The van der Waals surface area contributed by atoms with E-state index in [9.17, 15) is 13.2 Å². The molecule has 0 aromatic carbocycles. The normalized spacial score (nSPS) is 15.4. The Morgan fingerprint density at radius 2 is 1.80 bits per heavy atom. The molecule has 2 nitrogen and oxygen atoms in total. The SMILES string of the molecule is CC(OCCCC(C)(C)CN)C(F)(F)F. The van der Waals surface area contributed by atoms with Gasteiger partial charge in [0.05, 0.1) is 0 Å². The van der Waals surface area contributed by atoms with E-state index in [0.29, 0.717) is 13.0 Å². The maximum absolute atomic E-state index is 12.0. The van der Waals surface area contributed by atoms with Gasteiger partial charge in [0.1, 0.15) is 0 Å². The minimum Gasteiger partial charge on any atom is -0.369 e. The second kappa shape index (κ2) is 5.70. The summed E-state index contributed by atoms with van der Waals surface area (Å²) in [6.07, 6.45) is -4.57. The van der Waals surface area contributed by atoms with Crippen LogP contribution in [-0.2, 0) is 4.74 Å². The first-order valence-corrected chi connectivity index (χ1v) is 5.07. The molecule has 0 aliphatic heterocycles. The minimum atomic E-state index is -4.26. The van der Waals surface area contributed by atoms with Crippen LogP contribution >= 0.6 is 0 Å². The average molecular weight is 227 g/mol. The number of rotatable bonds is 6. The lowest BCUT2D eigenvalue weighted by atomic mass is 9.88. The highest BCUT2D eigenvalue weighted by molar-refractivity contribution is 4.69. The molecule has 5 heteroatoms. The van der Waals surface area contributed by atoms with Gasteiger partial charge in [-0.15, -0.1) is 0 Å². The summed E-state index contributed by atoms with van der Waals surface area (Å²) < 4.78 is 40.8. The summed E-state index contributed by atoms with van der Waals surface area (Å²) in [6.45, 7) is 5.65. The molecule has 0 aliphatic carbocycles. The fourth-order valence-electron chi connectivity index (χ4n) is 1.01. The standard InChI is InChI=1S/C10H20F3NO/c1-8(10(11,12)13)15-6-4-5-9(2,3)7-14/h8H,4-7,14H2,1-3H3. The van der Waals surface area contributed by atoms with Crippen LogP contribution in [0.5, 0.6) is 0 Å². The van der Waals surface area contributed by atoms with E-state index in [1.54, 1.807) is 0 Å². The van der Waals surface area contributed by atoms with Gasteiger partial charge in [0, 0.05) is 6.61 Å². The fourth-order valence-corrected chi connectivity index (χ4v) is 1.01. The van der Waals surface area contributed by atoms with Gasteiger partial charge in [0.15, 0.2) is 6.10 Å². The third-order valence-corrected chi connectivity index (χ3v) is 2.38. The van der Waals surface area contributed by atoms with Gasteiger partial charge in [0.25, 0.3) is 0 Å². The molecule has 0 aromatic rings. The van der Waals surface area contributed by atoms with Crippen molar-refractivity contribution in [3.63, 3.8) is 0 Å². The Bertz CT molecular complexity index is 180. The Labute approximate surface area is 89.0 Å². The van der Waals surface area contributed by atoms with Gasteiger partial charge in [0.2, 0.25) is 0 Å². The third-order valence-electron chi connectivity index (χ3n) is 2.38. The number of hydrogen-bond acceptors (Lipinski definition) is 2. The molecule has 0 bridgehead atoms. The Morgan fingerprint density at radius 1 is 1.27 bits per heavy atom. The molecule has 0 heterocycles. The predicted molar refractivity (Wildman–Crippen MR) is 53.5 cm³/mol. The summed E-state index contributed by atoms with van der Waals surface area (Å²) in [7, 11) is 0. The molecule has 0 radical (unpaired) electrons. The van der Waals surface area contributed by atoms with Crippen molar-refractivity contribution in [2.24, 2.45) is 11.1 Å². The second-order valence-electron chi connectivity index (χ2n) is 4.53. The van der Waals surface area contributed by atoms with Crippen molar-refractivity contribution < 1.29 is 17.9 Å².